The maximum atomic E-state index is 11.8. The van der Waals surface area contributed by atoms with Gasteiger partial charge in [-0.3, -0.25) is 0 Å². The Morgan fingerprint density at radius 1 is 1.11 bits per heavy atom. The topological polar surface area (TPSA) is 55.6 Å². The van der Waals surface area contributed by atoms with Gasteiger partial charge in [-0.2, -0.15) is 0 Å². The van der Waals surface area contributed by atoms with Crippen molar-refractivity contribution in [2.75, 3.05) is 13.1 Å². The van der Waals surface area contributed by atoms with Gasteiger partial charge in [-0.1, -0.05) is 24.3 Å². The summed E-state index contributed by atoms with van der Waals surface area (Å²) < 4.78 is 5.30. The predicted octanol–water partition coefficient (Wildman–Crippen LogP) is 2.27. The van der Waals surface area contributed by atoms with Crippen LogP contribution in [-0.2, 0) is 17.9 Å². The van der Waals surface area contributed by atoms with Gasteiger partial charge in [-0.15, -0.1) is 0 Å². The lowest BCUT2D eigenvalue weighted by Gasteiger charge is -2.25. The molecule has 1 fully saturated rings. The van der Waals surface area contributed by atoms with E-state index < -0.39 is 0 Å². The smallest absolute Gasteiger partial charge is 0.410 e. The highest BCUT2D eigenvalue weighted by Crippen LogP contribution is 2.11. The molecular weight excluding hydrogens is 228 g/mol. The molecule has 1 saturated heterocycles. The average molecular weight is 248 g/mol. The molecule has 2 rings (SSSR count). The highest BCUT2D eigenvalue weighted by molar-refractivity contribution is 5.67. The van der Waals surface area contributed by atoms with Crippen LogP contribution in [0.4, 0.5) is 4.79 Å². The Labute approximate surface area is 108 Å². The van der Waals surface area contributed by atoms with Crippen LogP contribution in [0, 0.1) is 0 Å². The number of hydrogen-bond acceptors (Lipinski definition) is 3. The zero-order valence-electron chi connectivity index (χ0n) is 10.6. The van der Waals surface area contributed by atoms with Gasteiger partial charge in [0.2, 0.25) is 0 Å². The van der Waals surface area contributed by atoms with E-state index >= 15 is 0 Å². The molecule has 1 heterocycles. The number of amides is 1. The Hall–Kier alpha value is -1.55. The molecule has 0 unspecified atom stereocenters. The van der Waals surface area contributed by atoms with E-state index in [1.807, 2.05) is 24.3 Å². The van der Waals surface area contributed by atoms with Crippen LogP contribution < -0.4 is 5.73 Å². The summed E-state index contributed by atoms with van der Waals surface area (Å²) in [6, 6.07) is 7.82. The van der Waals surface area contributed by atoms with Gasteiger partial charge in [0.1, 0.15) is 6.61 Å². The van der Waals surface area contributed by atoms with Crippen LogP contribution in [0.25, 0.3) is 0 Å². The molecular formula is C14H20N2O2. The van der Waals surface area contributed by atoms with Crippen molar-refractivity contribution in [1.82, 2.24) is 4.90 Å². The largest absolute Gasteiger partial charge is 0.445 e. The van der Waals surface area contributed by atoms with Crippen molar-refractivity contribution in [3.05, 3.63) is 35.4 Å². The summed E-state index contributed by atoms with van der Waals surface area (Å²) in [5.41, 5.74) is 7.61. The van der Waals surface area contributed by atoms with Gasteiger partial charge in [0, 0.05) is 19.6 Å². The molecule has 98 valence electrons. The highest BCUT2D eigenvalue weighted by atomic mass is 16.6. The molecule has 1 aliphatic rings. The Balaban J connectivity index is 1.80. The van der Waals surface area contributed by atoms with E-state index in [9.17, 15) is 4.79 Å². The van der Waals surface area contributed by atoms with Crippen molar-refractivity contribution in [2.45, 2.75) is 32.4 Å². The molecule has 0 saturated carbocycles. The van der Waals surface area contributed by atoms with E-state index in [1.165, 1.54) is 6.42 Å². The monoisotopic (exact) mass is 248 g/mol. The lowest BCUT2D eigenvalue weighted by atomic mass is 10.1. The van der Waals surface area contributed by atoms with Gasteiger partial charge < -0.3 is 15.4 Å². The lowest BCUT2D eigenvalue weighted by molar-refractivity contribution is 0.0894. The summed E-state index contributed by atoms with van der Waals surface area (Å²) in [4.78, 5) is 13.6. The van der Waals surface area contributed by atoms with Crippen molar-refractivity contribution in [1.29, 1.82) is 0 Å². The minimum Gasteiger partial charge on any atom is -0.445 e. The van der Waals surface area contributed by atoms with Gasteiger partial charge in [-0.25, -0.2) is 4.79 Å². The number of nitrogens with zero attached hydrogens (tertiary/aromatic N) is 1. The second-order valence-corrected chi connectivity index (χ2v) is 4.62. The van der Waals surface area contributed by atoms with E-state index in [2.05, 4.69) is 0 Å². The first-order chi connectivity index (χ1) is 8.79. The number of ether oxygens (including phenoxy) is 1. The Kier molecular flexibility index (Phi) is 4.59. The molecule has 1 aliphatic heterocycles. The number of benzene rings is 1. The number of likely N-dealkylation sites (tertiary alicyclic amines) is 1. The molecule has 0 atom stereocenters. The van der Waals surface area contributed by atoms with Crippen LogP contribution in [0.1, 0.15) is 30.4 Å². The van der Waals surface area contributed by atoms with E-state index in [0.29, 0.717) is 13.2 Å². The second-order valence-electron chi connectivity index (χ2n) is 4.62. The summed E-state index contributed by atoms with van der Waals surface area (Å²) in [6.07, 6.45) is 3.18. The molecule has 2 N–H and O–H groups in total. The number of piperidine rings is 1. The van der Waals surface area contributed by atoms with E-state index in [4.69, 9.17) is 10.5 Å². The van der Waals surface area contributed by atoms with Crippen molar-refractivity contribution < 1.29 is 9.53 Å². The van der Waals surface area contributed by atoms with Gasteiger partial charge in [0.25, 0.3) is 0 Å². The SMILES string of the molecule is NCc1ccc(COC(=O)N2CCCCC2)cc1. The standard InChI is InChI=1S/C14H20N2O2/c15-10-12-4-6-13(7-5-12)11-18-14(17)16-8-2-1-3-9-16/h4-7H,1-3,8-11,15H2. The summed E-state index contributed by atoms with van der Waals surface area (Å²) in [5.74, 6) is 0. The van der Waals surface area contributed by atoms with E-state index in [-0.39, 0.29) is 6.09 Å². The number of rotatable bonds is 3. The van der Waals surface area contributed by atoms with Gasteiger partial charge in [0.15, 0.2) is 0 Å². The van der Waals surface area contributed by atoms with E-state index in [1.54, 1.807) is 4.90 Å². The van der Waals surface area contributed by atoms with Gasteiger partial charge in [0.05, 0.1) is 0 Å². The third kappa shape index (κ3) is 3.47. The summed E-state index contributed by atoms with van der Waals surface area (Å²) in [6.45, 7) is 2.52. The van der Waals surface area contributed by atoms with Crippen LogP contribution in [0.2, 0.25) is 0 Å². The van der Waals surface area contributed by atoms with Crippen molar-refractivity contribution in [2.24, 2.45) is 5.73 Å². The molecule has 0 radical (unpaired) electrons. The number of carbonyl (C=O) groups excluding carboxylic acids is 1. The van der Waals surface area contributed by atoms with Gasteiger partial charge in [-0.05, 0) is 30.4 Å². The van der Waals surface area contributed by atoms with Crippen LogP contribution in [0.15, 0.2) is 24.3 Å². The van der Waals surface area contributed by atoms with Gasteiger partial charge >= 0.3 is 6.09 Å². The number of hydrogen-bond donors (Lipinski definition) is 1. The first-order valence-electron chi connectivity index (χ1n) is 6.49. The Morgan fingerprint density at radius 3 is 2.33 bits per heavy atom. The highest BCUT2D eigenvalue weighted by Gasteiger charge is 2.17. The summed E-state index contributed by atoms with van der Waals surface area (Å²) in [7, 11) is 0. The van der Waals surface area contributed by atoms with Crippen LogP contribution in [0.3, 0.4) is 0 Å². The minimum atomic E-state index is -0.197. The third-order valence-corrected chi connectivity index (χ3v) is 3.24. The fourth-order valence-corrected chi connectivity index (χ4v) is 2.08. The maximum Gasteiger partial charge on any atom is 0.410 e. The molecule has 0 spiro atoms. The molecule has 18 heavy (non-hydrogen) atoms. The number of nitrogens with two attached hydrogens (primary N) is 1. The van der Waals surface area contributed by atoms with Crippen LogP contribution in [0.5, 0.6) is 0 Å². The first kappa shape index (κ1) is 12.9. The molecule has 1 amide bonds. The zero-order valence-corrected chi connectivity index (χ0v) is 10.6. The second kappa shape index (κ2) is 6.40. The van der Waals surface area contributed by atoms with Crippen LogP contribution in [-0.4, -0.2) is 24.1 Å². The molecule has 0 bridgehead atoms. The van der Waals surface area contributed by atoms with Crippen molar-refractivity contribution in [3.63, 3.8) is 0 Å². The first-order valence-corrected chi connectivity index (χ1v) is 6.49. The van der Waals surface area contributed by atoms with Crippen molar-refractivity contribution in [3.8, 4) is 0 Å². The molecule has 1 aromatic carbocycles. The summed E-state index contributed by atoms with van der Waals surface area (Å²) >= 11 is 0. The zero-order chi connectivity index (χ0) is 12.8. The molecule has 4 heteroatoms. The van der Waals surface area contributed by atoms with E-state index in [0.717, 1.165) is 37.1 Å². The fourth-order valence-electron chi connectivity index (χ4n) is 2.08. The van der Waals surface area contributed by atoms with Crippen molar-refractivity contribution >= 4 is 6.09 Å². The quantitative estimate of drug-likeness (QED) is 0.892. The molecule has 0 aromatic heterocycles. The molecule has 4 nitrogen and oxygen atoms in total. The minimum absolute atomic E-state index is 0.197. The molecule has 0 aliphatic carbocycles. The third-order valence-electron chi connectivity index (χ3n) is 3.24. The fraction of sp³-hybridized carbons (Fsp3) is 0.500. The normalized spacial score (nSPS) is 15.5. The average Bonchev–Trinajstić information content (AvgIpc) is 2.46. The Morgan fingerprint density at radius 2 is 1.72 bits per heavy atom. The lowest BCUT2D eigenvalue weighted by Crippen LogP contribution is -2.35. The predicted molar refractivity (Wildman–Crippen MR) is 69.9 cm³/mol. The Bertz CT molecular complexity index is 383. The molecule has 1 aromatic rings. The number of carbonyl (C=O) groups is 1. The summed E-state index contributed by atoms with van der Waals surface area (Å²) in [5, 5.41) is 0. The van der Waals surface area contributed by atoms with Crippen LogP contribution >= 0.6 is 0 Å². The maximum absolute atomic E-state index is 11.8.